The highest BCUT2D eigenvalue weighted by molar-refractivity contribution is 6.05. The first kappa shape index (κ1) is 18.9. The van der Waals surface area contributed by atoms with E-state index in [1.54, 1.807) is 19.5 Å². The molecule has 1 heterocycles. The average molecular weight is 408 g/mol. The SMILES string of the molecule is COC(=O)c1ccc(-c2ccc3ccccc3c2-c2ccc3nc[nH]c3c2)cc1OC. The number of benzene rings is 4. The molecule has 0 fully saturated rings. The number of hydrogen-bond donors (Lipinski definition) is 1. The number of carbonyl (C=O) groups excluding carboxylic acids is 1. The summed E-state index contributed by atoms with van der Waals surface area (Å²) in [6.07, 6.45) is 1.70. The number of methoxy groups -OCH3 is 2. The van der Waals surface area contributed by atoms with Crippen LogP contribution in [-0.4, -0.2) is 30.2 Å². The lowest BCUT2D eigenvalue weighted by atomic mass is 9.89. The van der Waals surface area contributed by atoms with Crippen LogP contribution in [0.3, 0.4) is 0 Å². The van der Waals surface area contributed by atoms with Crippen molar-refractivity contribution in [2.24, 2.45) is 0 Å². The van der Waals surface area contributed by atoms with Crippen LogP contribution in [0, 0.1) is 0 Å². The number of nitrogens with zero attached hydrogens (tertiary/aromatic N) is 1. The predicted octanol–water partition coefficient (Wildman–Crippen LogP) is 5.85. The fourth-order valence-electron chi connectivity index (χ4n) is 4.05. The van der Waals surface area contributed by atoms with E-state index in [-0.39, 0.29) is 0 Å². The van der Waals surface area contributed by atoms with Crippen molar-refractivity contribution in [3.05, 3.63) is 84.7 Å². The van der Waals surface area contributed by atoms with Gasteiger partial charge in [-0.3, -0.25) is 0 Å². The monoisotopic (exact) mass is 408 g/mol. The second-order valence-corrected chi connectivity index (χ2v) is 7.25. The molecule has 0 spiro atoms. The zero-order chi connectivity index (χ0) is 21.4. The topological polar surface area (TPSA) is 64.2 Å². The summed E-state index contributed by atoms with van der Waals surface area (Å²) in [5.41, 5.74) is 6.50. The van der Waals surface area contributed by atoms with Crippen LogP contribution in [0.1, 0.15) is 10.4 Å². The van der Waals surface area contributed by atoms with Crippen molar-refractivity contribution in [2.45, 2.75) is 0 Å². The van der Waals surface area contributed by atoms with Gasteiger partial charge in [0.05, 0.1) is 31.6 Å². The molecule has 5 rings (SSSR count). The van der Waals surface area contributed by atoms with Crippen LogP contribution in [0.2, 0.25) is 0 Å². The average Bonchev–Trinajstić information content (AvgIpc) is 3.30. The van der Waals surface area contributed by atoms with E-state index in [1.165, 1.54) is 7.11 Å². The van der Waals surface area contributed by atoms with Crippen LogP contribution < -0.4 is 4.74 Å². The van der Waals surface area contributed by atoms with Crippen LogP contribution in [0.4, 0.5) is 0 Å². The molecule has 0 unspecified atom stereocenters. The van der Waals surface area contributed by atoms with E-state index in [9.17, 15) is 4.79 Å². The Hall–Kier alpha value is -4.12. The summed E-state index contributed by atoms with van der Waals surface area (Å²) in [5.74, 6) is 0.0549. The molecule has 0 amide bonds. The summed E-state index contributed by atoms with van der Waals surface area (Å²) >= 11 is 0. The maximum atomic E-state index is 12.1. The standard InChI is InChI=1S/C26H20N2O3/c1-30-24-14-17(8-11-21(24)26(29)31-2)20-10-7-16-5-3-4-6-19(16)25(20)18-9-12-22-23(13-18)28-15-27-22/h3-15H,1-2H3,(H,27,28). The smallest absolute Gasteiger partial charge is 0.341 e. The summed E-state index contributed by atoms with van der Waals surface area (Å²) in [6.45, 7) is 0. The van der Waals surface area contributed by atoms with E-state index < -0.39 is 5.97 Å². The van der Waals surface area contributed by atoms with Crippen molar-refractivity contribution >= 4 is 27.8 Å². The Labute approximate surface area is 179 Å². The normalized spacial score (nSPS) is 11.0. The molecule has 0 aliphatic heterocycles. The summed E-state index contributed by atoms with van der Waals surface area (Å²) < 4.78 is 10.4. The van der Waals surface area contributed by atoms with Crippen LogP contribution >= 0.6 is 0 Å². The first-order valence-corrected chi connectivity index (χ1v) is 9.91. The highest BCUT2D eigenvalue weighted by atomic mass is 16.5. The molecule has 0 saturated heterocycles. The van der Waals surface area contributed by atoms with Gasteiger partial charge in [-0.15, -0.1) is 0 Å². The molecule has 1 aromatic heterocycles. The second-order valence-electron chi connectivity index (χ2n) is 7.25. The number of hydrogen-bond acceptors (Lipinski definition) is 4. The maximum absolute atomic E-state index is 12.1. The van der Waals surface area contributed by atoms with Crippen molar-refractivity contribution in [2.75, 3.05) is 14.2 Å². The van der Waals surface area contributed by atoms with Crippen molar-refractivity contribution in [3.63, 3.8) is 0 Å². The number of aromatic nitrogens is 2. The molecule has 0 aliphatic carbocycles. The molecule has 0 aliphatic rings. The Balaban J connectivity index is 1.78. The largest absolute Gasteiger partial charge is 0.496 e. The molecule has 5 heteroatoms. The summed E-state index contributed by atoms with van der Waals surface area (Å²) in [6, 6.07) is 24.3. The van der Waals surface area contributed by atoms with Crippen molar-refractivity contribution in [1.29, 1.82) is 0 Å². The lowest BCUT2D eigenvalue weighted by Crippen LogP contribution is -2.04. The molecular formula is C26H20N2O3. The molecule has 152 valence electrons. The molecule has 0 atom stereocenters. The summed E-state index contributed by atoms with van der Waals surface area (Å²) in [4.78, 5) is 19.6. The minimum atomic E-state index is -0.424. The third-order valence-electron chi connectivity index (χ3n) is 5.56. The molecule has 4 aromatic carbocycles. The van der Waals surface area contributed by atoms with Crippen LogP contribution in [-0.2, 0) is 4.74 Å². The minimum absolute atomic E-state index is 0.398. The minimum Gasteiger partial charge on any atom is -0.496 e. The third-order valence-corrected chi connectivity index (χ3v) is 5.56. The van der Waals surface area contributed by atoms with E-state index in [0.29, 0.717) is 11.3 Å². The van der Waals surface area contributed by atoms with E-state index in [1.807, 2.05) is 30.3 Å². The molecule has 0 saturated carbocycles. The number of nitrogens with one attached hydrogen (secondary N) is 1. The van der Waals surface area contributed by atoms with E-state index in [2.05, 4.69) is 46.4 Å². The second kappa shape index (κ2) is 7.61. The van der Waals surface area contributed by atoms with Gasteiger partial charge in [-0.25, -0.2) is 9.78 Å². The first-order valence-electron chi connectivity index (χ1n) is 9.91. The maximum Gasteiger partial charge on any atom is 0.341 e. The fraction of sp³-hybridized carbons (Fsp3) is 0.0769. The van der Waals surface area contributed by atoms with E-state index in [4.69, 9.17) is 9.47 Å². The zero-order valence-corrected chi connectivity index (χ0v) is 17.2. The van der Waals surface area contributed by atoms with Gasteiger partial charge in [0.2, 0.25) is 0 Å². The van der Waals surface area contributed by atoms with Gasteiger partial charge >= 0.3 is 5.97 Å². The number of esters is 1. The number of aromatic amines is 1. The molecule has 5 nitrogen and oxygen atoms in total. The Morgan fingerprint density at radius 1 is 0.903 bits per heavy atom. The highest BCUT2D eigenvalue weighted by Gasteiger charge is 2.17. The number of imidazole rings is 1. The van der Waals surface area contributed by atoms with Crippen LogP contribution in [0.15, 0.2) is 79.1 Å². The predicted molar refractivity (Wildman–Crippen MR) is 122 cm³/mol. The number of carbonyl (C=O) groups is 1. The van der Waals surface area contributed by atoms with Gasteiger partial charge in [-0.1, -0.05) is 48.5 Å². The third kappa shape index (κ3) is 3.20. The van der Waals surface area contributed by atoms with Crippen molar-refractivity contribution in [3.8, 4) is 28.0 Å². The Bertz CT molecular complexity index is 1440. The van der Waals surface area contributed by atoms with Gasteiger partial charge in [-0.05, 0) is 57.3 Å². The molecule has 1 N–H and O–H groups in total. The number of rotatable bonds is 4. The van der Waals surface area contributed by atoms with Crippen LogP contribution in [0.25, 0.3) is 44.1 Å². The number of ether oxygens (including phenoxy) is 2. The van der Waals surface area contributed by atoms with Gasteiger partial charge in [-0.2, -0.15) is 0 Å². The molecule has 5 aromatic rings. The molecular weight excluding hydrogens is 388 g/mol. The molecule has 0 radical (unpaired) electrons. The van der Waals surface area contributed by atoms with E-state index >= 15 is 0 Å². The van der Waals surface area contributed by atoms with Crippen molar-refractivity contribution in [1.82, 2.24) is 9.97 Å². The lowest BCUT2D eigenvalue weighted by molar-refractivity contribution is 0.0597. The summed E-state index contributed by atoms with van der Waals surface area (Å²) in [7, 11) is 2.92. The van der Waals surface area contributed by atoms with Gasteiger partial charge < -0.3 is 14.5 Å². The quantitative estimate of drug-likeness (QED) is 0.379. The fourth-order valence-corrected chi connectivity index (χ4v) is 4.05. The molecule has 31 heavy (non-hydrogen) atoms. The zero-order valence-electron chi connectivity index (χ0n) is 17.2. The van der Waals surface area contributed by atoms with Gasteiger partial charge in [0, 0.05) is 0 Å². The Kier molecular flexibility index (Phi) is 4.64. The van der Waals surface area contributed by atoms with Crippen LogP contribution in [0.5, 0.6) is 5.75 Å². The highest BCUT2D eigenvalue weighted by Crippen LogP contribution is 2.40. The van der Waals surface area contributed by atoms with Gasteiger partial charge in [0.1, 0.15) is 11.3 Å². The lowest BCUT2D eigenvalue weighted by Gasteiger charge is -2.16. The van der Waals surface area contributed by atoms with Gasteiger partial charge in [0.25, 0.3) is 0 Å². The van der Waals surface area contributed by atoms with E-state index in [0.717, 1.165) is 44.1 Å². The number of H-pyrrole nitrogens is 1. The first-order chi connectivity index (χ1) is 15.2. The molecule has 0 bridgehead atoms. The Morgan fingerprint density at radius 3 is 2.58 bits per heavy atom. The van der Waals surface area contributed by atoms with Crippen molar-refractivity contribution < 1.29 is 14.3 Å². The van der Waals surface area contributed by atoms with Gasteiger partial charge in [0.15, 0.2) is 0 Å². The number of fused-ring (bicyclic) bond motifs is 2. The summed E-state index contributed by atoms with van der Waals surface area (Å²) in [5, 5.41) is 2.30. The Morgan fingerprint density at radius 2 is 1.74 bits per heavy atom.